The van der Waals surface area contributed by atoms with E-state index in [1.54, 1.807) is 24.3 Å². The summed E-state index contributed by atoms with van der Waals surface area (Å²) in [6.07, 6.45) is 1.70. The summed E-state index contributed by atoms with van der Waals surface area (Å²) < 4.78 is 38.1. The summed E-state index contributed by atoms with van der Waals surface area (Å²) in [5.41, 5.74) is 0.743. The van der Waals surface area contributed by atoms with Gasteiger partial charge in [-0.2, -0.15) is 0 Å². The standard InChI is InChI=1S/C18H20N2O5S/c1-24-14-7-5-13(6-8-14)20-26(22,23)15-9-10-17(25-2)16(11-15)19-18(21)12-3-4-12/h5-12,20H,3-4H2,1-2H3,(H,19,21). The zero-order valence-corrected chi connectivity index (χ0v) is 15.3. The monoisotopic (exact) mass is 376 g/mol. The van der Waals surface area contributed by atoms with Crippen LogP contribution in [-0.2, 0) is 14.8 Å². The quantitative estimate of drug-likeness (QED) is 0.775. The van der Waals surface area contributed by atoms with Gasteiger partial charge in [-0.25, -0.2) is 8.42 Å². The second kappa shape index (κ2) is 7.25. The van der Waals surface area contributed by atoms with Gasteiger partial charge in [0, 0.05) is 11.6 Å². The molecule has 2 aromatic rings. The van der Waals surface area contributed by atoms with Gasteiger partial charge in [0.05, 0.1) is 24.8 Å². The number of ether oxygens (including phenoxy) is 2. The van der Waals surface area contributed by atoms with Crippen LogP contribution in [0, 0.1) is 5.92 Å². The van der Waals surface area contributed by atoms with E-state index in [4.69, 9.17) is 9.47 Å². The van der Waals surface area contributed by atoms with Gasteiger partial charge in [-0.1, -0.05) is 0 Å². The van der Waals surface area contributed by atoms with Gasteiger partial charge < -0.3 is 14.8 Å². The molecule has 0 unspecified atom stereocenters. The van der Waals surface area contributed by atoms with Crippen LogP contribution in [0.5, 0.6) is 11.5 Å². The van der Waals surface area contributed by atoms with Crippen molar-refractivity contribution < 1.29 is 22.7 Å². The predicted octanol–water partition coefficient (Wildman–Crippen LogP) is 2.85. The van der Waals surface area contributed by atoms with Gasteiger partial charge in [-0.15, -0.1) is 0 Å². The SMILES string of the molecule is COc1ccc(NS(=O)(=O)c2ccc(OC)c(NC(=O)C3CC3)c2)cc1. The Morgan fingerprint density at radius 3 is 2.31 bits per heavy atom. The van der Waals surface area contributed by atoms with Gasteiger partial charge >= 0.3 is 0 Å². The number of hydrogen-bond acceptors (Lipinski definition) is 5. The third-order valence-corrected chi connectivity index (χ3v) is 5.41. The molecule has 3 rings (SSSR count). The summed E-state index contributed by atoms with van der Waals surface area (Å²) in [6.45, 7) is 0. The van der Waals surface area contributed by atoms with Gasteiger partial charge in [0.15, 0.2) is 0 Å². The van der Waals surface area contributed by atoms with Crippen molar-refractivity contribution in [3.8, 4) is 11.5 Å². The molecule has 1 amide bonds. The van der Waals surface area contributed by atoms with Gasteiger partial charge in [-0.05, 0) is 55.3 Å². The molecule has 2 N–H and O–H groups in total. The Labute approximate surface area is 152 Å². The number of sulfonamides is 1. The summed E-state index contributed by atoms with van der Waals surface area (Å²) in [7, 11) is -0.819. The number of rotatable bonds is 7. The lowest BCUT2D eigenvalue weighted by molar-refractivity contribution is -0.117. The van der Waals surface area contributed by atoms with Crippen LogP contribution >= 0.6 is 0 Å². The Morgan fingerprint density at radius 1 is 1.04 bits per heavy atom. The molecule has 0 saturated heterocycles. The lowest BCUT2D eigenvalue weighted by atomic mass is 10.2. The summed E-state index contributed by atoms with van der Waals surface area (Å²) >= 11 is 0. The zero-order valence-electron chi connectivity index (χ0n) is 14.5. The highest BCUT2D eigenvalue weighted by atomic mass is 32.2. The van der Waals surface area contributed by atoms with Crippen molar-refractivity contribution in [1.82, 2.24) is 0 Å². The van der Waals surface area contributed by atoms with E-state index in [2.05, 4.69) is 10.0 Å². The van der Waals surface area contributed by atoms with Gasteiger partial charge in [-0.3, -0.25) is 9.52 Å². The van der Waals surface area contributed by atoms with E-state index >= 15 is 0 Å². The molecule has 8 heteroatoms. The summed E-state index contributed by atoms with van der Waals surface area (Å²) in [4.78, 5) is 12.0. The first-order valence-corrected chi connectivity index (χ1v) is 9.57. The Morgan fingerprint density at radius 2 is 1.73 bits per heavy atom. The van der Waals surface area contributed by atoms with E-state index in [9.17, 15) is 13.2 Å². The molecule has 0 radical (unpaired) electrons. The molecule has 138 valence electrons. The number of nitrogens with one attached hydrogen (secondary N) is 2. The number of carbonyl (C=O) groups is 1. The third kappa shape index (κ3) is 4.08. The van der Waals surface area contributed by atoms with Crippen LogP contribution in [0.4, 0.5) is 11.4 Å². The minimum Gasteiger partial charge on any atom is -0.497 e. The Kier molecular flexibility index (Phi) is 5.03. The van der Waals surface area contributed by atoms with Crippen molar-refractivity contribution in [2.45, 2.75) is 17.7 Å². The van der Waals surface area contributed by atoms with Crippen LogP contribution in [-0.4, -0.2) is 28.5 Å². The average Bonchev–Trinajstić information content (AvgIpc) is 3.47. The molecule has 1 aliphatic carbocycles. The van der Waals surface area contributed by atoms with E-state index in [-0.39, 0.29) is 16.7 Å². The molecule has 0 aliphatic heterocycles. The van der Waals surface area contributed by atoms with Crippen LogP contribution in [0.15, 0.2) is 47.4 Å². The van der Waals surface area contributed by atoms with Gasteiger partial charge in [0.1, 0.15) is 11.5 Å². The van der Waals surface area contributed by atoms with Crippen molar-refractivity contribution in [2.75, 3.05) is 24.3 Å². The zero-order chi connectivity index (χ0) is 18.7. The number of methoxy groups -OCH3 is 2. The second-order valence-corrected chi connectivity index (χ2v) is 7.64. The number of amides is 1. The number of carbonyl (C=O) groups excluding carboxylic acids is 1. The highest BCUT2D eigenvalue weighted by molar-refractivity contribution is 7.92. The minimum absolute atomic E-state index is 0.00241. The first kappa shape index (κ1) is 18.1. The molecule has 1 fully saturated rings. The van der Waals surface area contributed by atoms with Gasteiger partial charge in [0.2, 0.25) is 5.91 Å². The molecule has 1 saturated carbocycles. The molecule has 0 spiro atoms. The topological polar surface area (TPSA) is 93.7 Å². The van der Waals surface area contributed by atoms with Crippen molar-refractivity contribution >= 4 is 27.3 Å². The molecular weight excluding hydrogens is 356 g/mol. The normalized spacial score (nSPS) is 13.8. The molecule has 0 bridgehead atoms. The maximum atomic E-state index is 12.6. The van der Waals surface area contributed by atoms with Crippen molar-refractivity contribution in [2.24, 2.45) is 5.92 Å². The Hall–Kier alpha value is -2.74. The largest absolute Gasteiger partial charge is 0.497 e. The van der Waals surface area contributed by atoms with Crippen molar-refractivity contribution in [3.05, 3.63) is 42.5 Å². The van der Waals surface area contributed by atoms with E-state index in [1.807, 2.05) is 0 Å². The number of hydrogen-bond donors (Lipinski definition) is 2. The van der Waals surface area contributed by atoms with E-state index < -0.39 is 10.0 Å². The molecule has 26 heavy (non-hydrogen) atoms. The molecule has 0 heterocycles. The van der Waals surface area contributed by atoms with Gasteiger partial charge in [0.25, 0.3) is 10.0 Å². The molecule has 0 aromatic heterocycles. The Bertz CT molecular complexity index is 906. The van der Waals surface area contributed by atoms with Crippen LogP contribution in [0.1, 0.15) is 12.8 Å². The van der Waals surface area contributed by atoms with E-state index in [0.717, 1.165) is 12.8 Å². The van der Waals surface area contributed by atoms with Crippen LogP contribution in [0.25, 0.3) is 0 Å². The fraction of sp³-hybridized carbons (Fsp3) is 0.278. The minimum atomic E-state index is -3.82. The van der Waals surface area contributed by atoms with Crippen molar-refractivity contribution in [1.29, 1.82) is 0 Å². The third-order valence-electron chi connectivity index (χ3n) is 4.03. The van der Waals surface area contributed by atoms with Crippen LogP contribution in [0.3, 0.4) is 0 Å². The predicted molar refractivity (Wildman–Crippen MR) is 98.2 cm³/mol. The first-order chi connectivity index (χ1) is 12.4. The molecule has 7 nitrogen and oxygen atoms in total. The van der Waals surface area contributed by atoms with Crippen LogP contribution < -0.4 is 19.5 Å². The summed E-state index contributed by atoms with van der Waals surface area (Å²) in [6, 6.07) is 10.9. The van der Waals surface area contributed by atoms with Crippen LogP contribution in [0.2, 0.25) is 0 Å². The highest BCUT2D eigenvalue weighted by Gasteiger charge is 2.30. The van der Waals surface area contributed by atoms with E-state index in [0.29, 0.717) is 22.9 Å². The molecular formula is C18H20N2O5S. The number of benzene rings is 2. The highest BCUT2D eigenvalue weighted by Crippen LogP contribution is 2.33. The molecule has 1 aliphatic rings. The average molecular weight is 376 g/mol. The maximum absolute atomic E-state index is 12.6. The molecule has 2 aromatic carbocycles. The smallest absolute Gasteiger partial charge is 0.261 e. The lowest BCUT2D eigenvalue weighted by Gasteiger charge is -2.13. The molecule has 0 atom stereocenters. The number of anilines is 2. The lowest BCUT2D eigenvalue weighted by Crippen LogP contribution is -2.16. The Balaban J connectivity index is 1.84. The maximum Gasteiger partial charge on any atom is 0.261 e. The van der Waals surface area contributed by atoms with Crippen molar-refractivity contribution in [3.63, 3.8) is 0 Å². The van der Waals surface area contributed by atoms with E-state index in [1.165, 1.54) is 32.4 Å². The second-order valence-electron chi connectivity index (χ2n) is 5.96. The fourth-order valence-corrected chi connectivity index (χ4v) is 3.49. The fourth-order valence-electron chi connectivity index (χ4n) is 2.41. The summed E-state index contributed by atoms with van der Waals surface area (Å²) in [5.74, 6) is 0.906. The summed E-state index contributed by atoms with van der Waals surface area (Å²) in [5, 5.41) is 2.74. The first-order valence-electron chi connectivity index (χ1n) is 8.09.